The summed E-state index contributed by atoms with van der Waals surface area (Å²) in [5, 5.41) is 11.2. The molecule has 0 spiro atoms. The number of piperidine rings is 1. The lowest BCUT2D eigenvalue weighted by Gasteiger charge is -2.52. The molecule has 134 valence electrons. The number of nitrogens with one attached hydrogen (secondary N) is 2. The van der Waals surface area contributed by atoms with Gasteiger partial charge in [0.2, 0.25) is 0 Å². The fourth-order valence-corrected chi connectivity index (χ4v) is 3.58. The molecule has 1 atom stereocenters. The van der Waals surface area contributed by atoms with Gasteiger partial charge in [-0.3, -0.25) is 9.69 Å². The van der Waals surface area contributed by atoms with E-state index in [2.05, 4.69) is 14.9 Å². The Labute approximate surface area is 140 Å². The molecule has 2 aliphatic rings. The maximum absolute atomic E-state index is 12.5. The molecule has 1 unspecified atom stereocenters. The maximum atomic E-state index is 12.5. The van der Waals surface area contributed by atoms with E-state index in [1.807, 2.05) is 13.8 Å². The van der Waals surface area contributed by atoms with Crippen LogP contribution < -0.4 is 5.69 Å². The monoisotopic (exact) mass is 338 g/mol. The number of hydrogen-bond acceptors (Lipinski definition) is 5. The zero-order valence-corrected chi connectivity index (χ0v) is 14.3. The molecule has 8 heteroatoms. The molecular weight excluding hydrogens is 312 g/mol. The molecule has 2 aliphatic heterocycles. The van der Waals surface area contributed by atoms with E-state index in [0.717, 1.165) is 13.1 Å². The number of likely N-dealkylation sites (tertiary alicyclic amines) is 1. The molecule has 0 saturated carbocycles. The van der Waals surface area contributed by atoms with Gasteiger partial charge in [0.15, 0.2) is 0 Å². The van der Waals surface area contributed by atoms with Crippen molar-refractivity contribution in [3.8, 4) is 0 Å². The van der Waals surface area contributed by atoms with Crippen LogP contribution in [0.1, 0.15) is 30.8 Å². The number of ether oxygens (including phenoxy) is 1. The summed E-state index contributed by atoms with van der Waals surface area (Å²) in [6.07, 6.45) is 1.91. The van der Waals surface area contributed by atoms with Gasteiger partial charge in [-0.05, 0) is 6.42 Å². The molecule has 3 rings (SSSR count). The van der Waals surface area contributed by atoms with Crippen molar-refractivity contribution in [2.45, 2.75) is 25.9 Å². The lowest BCUT2D eigenvalue weighted by atomic mass is 9.69. The number of morpholine rings is 1. The number of rotatable bonds is 3. The number of hydrogen-bond donors (Lipinski definition) is 3. The first kappa shape index (κ1) is 17.2. The molecule has 2 fully saturated rings. The normalized spacial score (nSPS) is 28.0. The van der Waals surface area contributed by atoms with Crippen molar-refractivity contribution in [2.75, 3.05) is 45.9 Å². The van der Waals surface area contributed by atoms with Gasteiger partial charge in [-0.1, -0.05) is 13.8 Å². The molecule has 1 aromatic heterocycles. The summed E-state index contributed by atoms with van der Waals surface area (Å²) in [5.74, 6) is -0.213. The third-order valence-corrected chi connectivity index (χ3v) is 5.34. The van der Waals surface area contributed by atoms with Crippen LogP contribution in [-0.4, -0.2) is 82.3 Å². The van der Waals surface area contributed by atoms with Crippen LogP contribution in [0.15, 0.2) is 11.0 Å². The highest BCUT2D eigenvalue weighted by atomic mass is 16.5. The summed E-state index contributed by atoms with van der Waals surface area (Å²) in [6.45, 7) is 8.53. The predicted octanol–water partition coefficient (Wildman–Crippen LogP) is -0.362. The molecule has 1 aromatic rings. The zero-order chi connectivity index (χ0) is 17.4. The average Bonchev–Trinajstić information content (AvgIpc) is 2.97. The Hall–Kier alpha value is -1.64. The van der Waals surface area contributed by atoms with Crippen LogP contribution in [0, 0.1) is 5.41 Å². The molecule has 3 heterocycles. The third-order valence-electron chi connectivity index (χ3n) is 5.34. The quantitative estimate of drug-likeness (QED) is 0.698. The van der Waals surface area contributed by atoms with E-state index in [9.17, 15) is 14.7 Å². The number of aromatic amines is 2. The van der Waals surface area contributed by atoms with Gasteiger partial charge >= 0.3 is 5.69 Å². The van der Waals surface area contributed by atoms with Crippen LogP contribution in [0.2, 0.25) is 0 Å². The van der Waals surface area contributed by atoms with Crippen molar-refractivity contribution in [2.24, 2.45) is 5.41 Å². The lowest BCUT2D eigenvalue weighted by Crippen LogP contribution is -2.63. The summed E-state index contributed by atoms with van der Waals surface area (Å²) in [7, 11) is 0. The molecular formula is C16H26N4O4. The van der Waals surface area contributed by atoms with E-state index >= 15 is 0 Å². The van der Waals surface area contributed by atoms with Gasteiger partial charge < -0.3 is 24.7 Å². The van der Waals surface area contributed by atoms with E-state index in [1.165, 1.54) is 6.20 Å². The van der Waals surface area contributed by atoms with Crippen molar-refractivity contribution in [3.05, 3.63) is 22.4 Å². The summed E-state index contributed by atoms with van der Waals surface area (Å²) in [4.78, 5) is 32.6. The number of nitrogens with zero attached hydrogens (tertiary/aromatic N) is 2. The molecule has 0 radical (unpaired) electrons. The predicted molar refractivity (Wildman–Crippen MR) is 87.9 cm³/mol. The standard InChI is InChI=1S/C16H26N4O4/c1-15(2)10-20(13(21)12-9-17-14(22)18-12)4-3-16(15,23)11-19-5-7-24-8-6-19/h9,23H,3-8,10-11H2,1-2H3,(H2,17,18,22). The van der Waals surface area contributed by atoms with Crippen molar-refractivity contribution < 1.29 is 14.6 Å². The van der Waals surface area contributed by atoms with Gasteiger partial charge in [0, 0.05) is 44.3 Å². The van der Waals surface area contributed by atoms with Gasteiger partial charge in [0.05, 0.1) is 18.8 Å². The second kappa shape index (κ2) is 6.34. The highest BCUT2D eigenvalue weighted by Crippen LogP contribution is 2.39. The van der Waals surface area contributed by atoms with E-state index in [4.69, 9.17) is 4.74 Å². The van der Waals surface area contributed by atoms with Crippen LogP contribution in [-0.2, 0) is 4.74 Å². The number of H-pyrrole nitrogens is 2. The zero-order valence-electron chi connectivity index (χ0n) is 14.3. The summed E-state index contributed by atoms with van der Waals surface area (Å²) in [6, 6.07) is 0. The Morgan fingerprint density at radius 1 is 1.33 bits per heavy atom. The lowest BCUT2D eigenvalue weighted by molar-refractivity contribution is -0.133. The molecule has 3 N–H and O–H groups in total. The van der Waals surface area contributed by atoms with E-state index in [-0.39, 0.29) is 11.6 Å². The van der Waals surface area contributed by atoms with Gasteiger partial charge in [-0.15, -0.1) is 0 Å². The van der Waals surface area contributed by atoms with E-state index in [1.54, 1.807) is 4.90 Å². The third kappa shape index (κ3) is 3.26. The van der Waals surface area contributed by atoms with Crippen LogP contribution in [0.3, 0.4) is 0 Å². The first-order valence-electron chi connectivity index (χ1n) is 8.40. The minimum Gasteiger partial charge on any atom is -0.388 e. The SMILES string of the molecule is CC1(C)CN(C(=O)c2c[nH]c(=O)[nH]2)CCC1(O)CN1CCOCC1. The number of carbonyl (C=O) groups excluding carboxylic acids is 1. The molecule has 24 heavy (non-hydrogen) atoms. The molecule has 2 saturated heterocycles. The van der Waals surface area contributed by atoms with Crippen molar-refractivity contribution >= 4 is 5.91 Å². The Morgan fingerprint density at radius 2 is 2.04 bits per heavy atom. The second-order valence-corrected chi connectivity index (χ2v) is 7.44. The molecule has 0 aliphatic carbocycles. The van der Waals surface area contributed by atoms with Gasteiger partial charge in [0.1, 0.15) is 5.69 Å². The highest BCUT2D eigenvalue weighted by molar-refractivity contribution is 5.92. The van der Waals surface area contributed by atoms with Crippen LogP contribution in [0.4, 0.5) is 0 Å². The smallest absolute Gasteiger partial charge is 0.323 e. The first-order chi connectivity index (χ1) is 11.3. The summed E-state index contributed by atoms with van der Waals surface area (Å²) in [5.41, 5.74) is -1.43. The molecule has 8 nitrogen and oxygen atoms in total. The van der Waals surface area contributed by atoms with Crippen molar-refractivity contribution in [1.82, 2.24) is 19.8 Å². The van der Waals surface area contributed by atoms with Gasteiger partial charge in [-0.25, -0.2) is 4.79 Å². The number of amides is 1. The summed E-state index contributed by atoms with van der Waals surface area (Å²) >= 11 is 0. The first-order valence-corrected chi connectivity index (χ1v) is 8.40. The Kier molecular flexibility index (Phi) is 4.54. The van der Waals surface area contributed by atoms with Crippen LogP contribution in [0.5, 0.6) is 0 Å². The number of carbonyl (C=O) groups is 1. The average molecular weight is 338 g/mol. The fraction of sp³-hybridized carbons (Fsp3) is 0.750. The molecule has 1 amide bonds. The topological polar surface area (TPSA) is 102 Å². The number of imidazole rings is 1. The largest absolute Gasteiger partial charge is 0.388 e. The minimum atomic E-state index is -0.854. The second-order valence-electron chi connectivity index (χ2n) is 7.44. The molecule has 0 bridgehead atoms. The fourth-order valence-electron chi connectivity index (χ4n) is 3.58. The minimum absolute atomic E-state index is 0.213. The van der Waals surface area contributed by atoms with E-state index in [0.29, 0.717) is 39.3 Å². The van der Waals surface area contributed by atoms with Crippen LogP contribution in [0.25, 0.3) is 0 Å². The molecule has 0 aromatic carbocycles. The van der Waals surface area contributed by atoms with Crippen molar-refractivity contribution in [3.63, 3.8) is 0 Å². The number of β-amino-alcohol motifs (C(OH)–C–C–N with tert-alkyl or cyclic N) is 1. The van der Waals surface area contributed by atoms with E-state index < -0.39 is 16.7 Å². The van der Waals surface area contributed by atoms with Crippen LogP contribution >= 0.6 is 0 Å². The number of aromatic nitrogens is 2. The Bertz CT molecular complexity index is 647. The van der Waals surface area contributed by atoms with Gasteiger partial charge in [0.25, 0.3) is 5.91 Å². The highest BCUT2D eigenvalue weighted by Gasteiger charge is 2.49. The number of aliphatic hydroxyl groups is 1. The maximum Gasteiger partial charge on any atom is 0.323 e. The Morgan fingerprint density at radius 3 is 2.62 bits per heavy atom. The summed E-state index contributed by atoms with van der Waals surface area (Å²) < 4.78 is 5.37. The van der Waals surface area contributed by atoms with Crippen molar-refractivity contribution in [1.29, 1.82) is 0 Å². The Balaban J connectivity index is 1.69. The van der Waals surface area contributed by atoms with Gasteiger partial charge in [-0.2, -0.15) is 0 Å².